The van der Waals surface area contributed by atoms with Crippen LogP contribution in [0.2, 0.25) is 5.02 Å². The van der Waals surface area contributed by atoms with Gasteiger partial charge in [-0.3, -0.25) is 15.0 Å². The highest BCUT2D eigenvalue weighted by Gasteiger charge is 2.13. The fourth-order valence-corrected chi connectivity index (χ4v) is 1.84. The van der Waals surface area contributed by atoms with Crippen molar-refractivity contribution in [2.45, 2.75) is 0 Å². The number of hydrogen-bond acceptors (Lipinski definition) is 3. The van der Waals surface area contributed by atoms with Crippen molar-refractivity contribution in [1.29, 1.82) is 0 Å². The van der Waals surface area contributed by atoms with Crippen molar-refractivity contribution in [2.24, 2.45) is 5.84 Å². The molecule has 0 aliphatic carbocycles. The zero-order chi connectivity index (χ0) is 11.4. The Morgan fingerprint density at radius 2 is 2.00 bits per heavy atom. The third-order valence-corrected chi connectivity index (χ3v) is 2.64. The van der Waals surface area contributed by atoms with E-state index >= 15 is 0 Å². The van der Waals surface area contributed by atoms with Crippen LogP contribution in [0.1, 0.15) is 0 Å². The maximum absolute atomic E-state index is 11.1. The van der Waals surface area contributed by atoms with Gasteiger partial charge in [0.05, 0.1) is 5.69 Å². The van der Waals surface area contributed by atoms with Crippen LogP contribution in [0.4, 0.5) is 5.69 Å². The summed E-state index contributed by atoms with van der Waals surface area (Å²) < 4.78 is 0.735. The van der Waals surface area contributed by atoms with Crippen molar-refractivity contribution < 1.29 is 9.59 Å². The molecule has 0 aromatic heterocycles. The standard InChI is InChI=1S/C8H7ClIN3O2/c9-4-1-2-6(5(10)3-4)12-7(14)8(15)13-11/h1-3H,11H2,(H,12,14)(H,13,15). The molecule has 0 heterocycles. The molecule has 0 unspecified atom stereocenters. The fraction of sp³-hybridized carbons (Fsp3) is 0. The van der Waals surface area contributed by atoms with E-state index in [-0.39, 0.29) is 0 Å². The van der Waals surface area contributed by atoms with E-state index in [2.05, 4.69) is 5.32 Å². The third kappa shape index (κ3) is 3.33. The minimum absolute atomic E-state index is 0.508. The van der Waals surface area contributed by atoms with Gasteiger partial charge >= 0.3 is 11.8 Å². The summed E-state index contributed by atoms with van der Waals surface area (Å²) >= 11 is 7.72. The van der Waals surface area contributed by atoms with Gasteiger partial charge in [0.1, 0.15) is 0 Å². The molecule has 0 aliphatic heterocycles. The van der Waals surface area contributed by atoms with Crippen molar-refractivity contribution >= 4 is 51.7 Å². The molecule has 4 N–H and O–H groups in total. The lowest BCUT2D eigenvalue weighted by molar-refractivity contribution is -0.136. The summed E-state index contributed by atoms with van der Waals surface area (Å²) in [6.07, 6.45) is 0. The number of nitrogens with one attached hydrogen (secondary N) is 2. The first-order valence-corrected chi connectivity index (χ1v) is 5.27. The Kier molecular flexibility index (Phi) is 4.30. The van der Waals surface area contributed by atoms with E-state index < -0.39 is 11.8 Å². The molecule has 80 valence electrons. The number of halogens is 2. The van der Waals surface area contributed by atoms with Crippen LogP contribution in [-0.4, -0.2) is 11.8 Å². The van der Waals surface area contributed by atoms with E-state index in [0.29, 0.717) is 10.7 Å². The first-order chi connectivity index (χ1) is 7.04. The van der Waals surface area contributed by atoms with Gasteiger partial charge in [0, 0.05) is 8.59 Å². The third-order valence-electron chi connectivity index (χ3n) is 1.52. The van der Waals surface area contributed by atoms with Gasteiger partial charge in [0.25, 0.3) is 0 Å². The first-order valence-electron chi connectivity index (χ1n) is 3.81. The van der Waals surface area contributed by atoms with Crippen LogP contribution < -0.4 is 16.6 Å². The molecule has 0 bridgehead atoms. The maximum Gasteiger partial charge on any atom is 0.323 e. The fourth-order valence-electron chi connectivity index (χ4n) is 0.835. The molecule has 0 spiro atoms. The van der Waals surface area contributed by atoms with E-state index in [1.54, 1.807) is 23.6 Å². The van der Waals surface area contributed by atoms with Crippen molar-refractivity contribution in [3.63, 3.8) is 0 Å². The number of hydrazine groups is 1. The van der Waals surface area contributed by atoms with Crippen LogP contribution >= 0.6 is 34.2 Å². The second-order valence-electron chi connectivity index (χ2n) is 2.55. The Morgan fingerprint density at radius 3 is 2.53 bits per heavy atom. The average Bonchev–Trinajstić information content (AvgIpc) is 2.20. The summed E-state index contributed by atoms with van der Waals surface area (Å²) in [5.74, 6) is 3.08. The highest BCUT2D eigenvalue weighted by atomic mass is 127. The smallest absolute Gasteiger partial charge is 0.317 e. The van der Waals surface area contributed by atoms with Crippen LogP contribution in [0, 0.1) is 3.57 Å². The van der Waals surface area contributed by atoms with Crippen LogP contribution in [0.15, 0.2) is 18.2 Å². The van der Waals surface area contributed by atoms with Gasteiger partial charge in [-0.25, -0.2) is 5.84 Å². The molecule has 2 amide bonds. The Labute approximate surface area is 104 Å². The Balaban J connectivity index is 2.81. The molecule has 15 heavy (non-hydrogen) atoms. The molecular formula is C8H7ClIN3O2. The zero-order valence-corrected chi connectivity index (χ0v) is 10.3. The highest BCUT2D eigenvalue weighted by molar-refractivity contribution is 14.1. The molecule has 0 saturated heterocycles. The number of carbonyl (C=O) groups is 2. The number of hydrogen-bond donors (Lipinski definition) is 3. The summed E-state index contributed by atoms with van der Waals surface area (Å²) in [6, 6.07) is 4.88. The largest absolute Gasteiger partial charge is 0.323 e. The van der Waals surface area contributed by atoms with E-state index in [4.69, 9.17) is 17.4 Å². The molecule has 1 aromatic rings. The van der Waals surface area contributed by atoms with Crippen LogP contribution in [-0.2, 0) is 9.59 Å². The van der Waals surface area contributed by atoms with Gasteiger partial charge in [0.15, 0.2) is 0 Å². The Hall–Kier alpha value is -0.860. The minimum Gasteiger partial charge on any atom is -0.317 e. The van der Waals surface area contributed by atoms with Crippen molar-refractivity contribution in [1.82, 2.24) is 5.43 Å². The van der Waals surface area contributed by atoms with Crippen LogP contribution in [0.3, 0.4) is 0 Å². The maximum atomic E-state index is 11.1. The summed E-state index contributed by atoms with van der Waals surface area (Å²) in [6.45, 7) is 0. The molecule has 0 fully saturated rings. The quantitative estimate of drug-likeness (QED) is 0.233. The number of rotatable bonds is 1. The summed E-state index contributed by atoms with van der Waals surface area (Å²) in [7, 11) is 0. The molecule has 0 atom stereocenters. The lowest BCUT2D eigenvalue weighted by atomic mass is 10.3. The summed E-state index contributed by atoms with van der Waals surface area (Å²) in [5, 5.41) is 2.95. The van der Waals surface area contributed by atoms with Gasteiger partial charge in [-0.2, -0.15) is 0 Å². The van der Waals surface area contributed by atoms with Crippen molar-refractivity contribution in [2.75, 3.05) is 5.32 Å². The SMILES string of the molecule is NNC(=O)C(=O)Nc1ccc(Cl)cc1I. The Morgan fingerprint density at radius 1 is 1.33 bits per heavy atom. The van der Waals surface area contributed by atoms with Gasteiger partial charge in [0.2, 0.25) is 0 Å². The monoisotopic (exact) mass is 339 g/mol. The number of benzene rings is 1. The molecule has 7 heteroatoms. The van der Waals surface area contributed by atoms with E-state index in [1.807, 2.05) is 22.6 Å². The van der Waals surface area contributed by atoms with Crippen molar-refractivity contribution in [3.05, 3.63) is 26.8 Å². The molecule has 0 radical (unpaired) electrons. The molecule has 5 nitrogen and oxygen atoms in total. The van der Waals surface area contributed by atoms with Crippen LogP contribution in [0.5, 0.6) is 0 Å². The van der Waals surface area contributed by atoms with Gasteiger partial charge in [-0.05, 0) is 40.8 Å². The van der Waals surface area contributed by atoms with Gasteiger partial charge < -0.3 is 5.32 Å². The number of nitrogens with two attached hydrogens (primary N) is 1. The second-order valence-corrected chi connectivity index (χ2v) is 4.15. The molecule has 1 rings (SSSR count). The number of amides is 2. The predicted molar refractivity (Wildman–Crippen MR) is 65.1 cm³/mol. The number of anilines is 1. The minimum atomic E-state index is -0.902. The van der Waals surface area contributed by atoms with E-state index in [1.165, 1.54) is 0 Å². The topological polar surface area (TPSA) is 84.2 Å². The van der Waals surface area contributed by atoms with E-state index in [9.17, 15) is 9.59 Å². The highest BCUT2D eigenvalue weighted by Crippen LogP contribution is 2.21. The van der Waals surface area contributed by atoms with E-state index in [0.717, 1.165) is 3.57 Å². The van der Waals surface area contributed by atoms with Crippen LogP contribution in [0.25, 0.3) is 0 Å². The number of carbonyl (C=O) groups excluding carboxylic acids is 2. The normalized spacial score (nSPS) is 9.53. The Bertz CT molecular complexity index is 411. The predicted octanol–water partition coefficient (Wildman–Crippen LogP) is 0.873. The molecule has 0 saturated carbocycles. The zero-order valence-electron chi connectivity index (χ0n) is 7.38. The average molecular weight is 340 g/mol. The first kappa shape index (κ1) is 12.2. The van der Waals surface area contributed by atoms with Crippen molar-refractivity contribution in [3.8, 4) is 0 Å². The summed E-state index contributed by atoms with van der Waals surface area (Å²) in [4.78, 5) is 22.0. The lowest BCUT2D eigenvalue weighted by Crippen LogP contribution is -2.39. The molecule has 1 aromatic carbocycles. The van der Waals surface area contributed by atoms with Gasteiger partial charge in [-0.1, -0.05) is 11.6 Å². The molecule has 0 aliphatic rings. The second kappa shape index (κ2) is 5.29. The lowest BCUT2D eigenvalue weighted by Gasteiger charge is -2.06. The molecular weight excluding hydrogens is 332 g/mol. The summed E-state index contributed by atoms with van der Waals surface area (Å²) in [5.41, 5.74) is 2.24. The van der Waals surface area contributed by atoms with Gasteiger partial charge in [-0.15, -0.1) is 0 Å².